The molecule has 0 aromatic carbocycles. The van der Waals surface area contributed by atoms with Crippen LogP contribution in [0.2, 0.25) is 0 Å². The number of rotatable bonds is 3. The lowest BCUT2D eigenvalue weighted by atomic mass is 10.2. The van der Waals surface area contributed by atoms with Gasteiger partial charge in [0.2, 0.25) is 0 Å². The number of β-amino-alcohol motifs (C(OH)–C–C–N with tert-alkyl or cyclic N) is 1. The van der Waals surface area contributed by atoms with Gasteiger partial charge in [-0.2, -0.15) is 11.3 Å². The molecule has 1 aromatic heterocycles. The predicted molar refractivity (Wildman–Crippen MR) is 69.9 cm³/mol. The summed E-state index contributed by atoms with van der Waals surface area (Å²) in [5, 5.41) is 22.5. The largest absolute Gasteiger partial charge is 0.480 e. The first kappa shape index (κ1) is 13.8. The summed E-state index contributed by atoms with van der Waals surface area (Å²) in [6.45, 7) is 0.505. The van der Waals surface area contributed by atoms with E-state index in [1.807, 2.05) is 16.8 Å². The first-order valence-electron chi connectivity index (χ1n) is 5.92. The lowest BCUT2D eigenvalue weighted by Crippen LogP contribution is -2.46. The third-order valence-corrected chi connectivity index (χ3v) is 3.87. The van der Waals surface area contributed by atoms with Crippen LogP contribution < -0.4 is 0 Å². The molecule has 1 aromatic rings. The Morgan fingerprint density at radius 2 is 2.32 bits per heavy atom. The van der Waals surface area contributed by atoms with E-state index in [4.69, 9.17) is 5.11 Å². The maximum atomic E-state index is 12.2. The van der Waals surface area contributed by atoms with Crippen molar-refractivity contribution in [3.8, 4) is 0 Å². The smallest absolute Gasteiger partial charge is 0.326 e. The van der Waals surface area contributed by atoms with Crippen LogP contribution in [0.5, 0.6) is 0 Å². The molecule has 0 aliphatic carbocycles. The molecule has 2 amide bonds. The number of carboxylic acid groups (broad SMARTS) is 1. The first-order chi connectivity index (χ1) is 8.99. The number of carboxylic acids is 1. The molecule has 1 fully saturated rings. The second-order valence-electron chi connectivity index (χ2n) is 4.67. The Labute approximate surface area is 114 Å². The predicted octanol–water partition coefficient (Wildman–Crippen LogP) is 0.820. The summed E-state index contributed by atoms with van der Waals surface area (Å²) >= 11 is 1.55. The zero-order chi connectivity index (χ0) is 14.0. The van der Waals surface area contributed by atoms with Crippen LogP contribution in [0.15, 0.2) is 16.8 Å². The van der Waals surface area contributed by atoms with Crippen molar-refractivity contribution in [3.63, 3.8) is 0 Å². The van der Waals surface area contributed by atoms with Crippen LogP contribution in [0.4, 0.5) is 4.79 Å². The average Bonchev–Trinajstić information content (AvgIpc) is 2.97. The molecule has 2 heterocycles. The summed E-state index contributed by atoms with van der Waals surface area (Å²) < 4.78 is 0. The number of aliphatic hydroxyl groups excluding tert-OH is 1. The number of amides is 2. The van der Waals surface area contributed by atoms with Crippen LogP contribution in [0.25, 0.3) is 0 Å². The van der Waals surface area contributed by atoms with Crippen molar-refractivity contribution in [3.05, 3.63) is 22.4 Å². The molecule has 7 heteroatoms. The molecule has 1 aliphatic heterocycles. The molecule has 1 aliphatic rings. The highest BCUT2D eigenvalue weighted by atomic mass is 32.1. The summed E-state index contributed by atoms with van der Waals surface area (Å²) in [6, 6.07) is 0.615. The quantitative estimate of drug-likeness (QED) is 0.861. The van der Waals surface area contributed by atoms with Gasteiger partial charge in [0.1, 0.15) is 6.04 Å². The van der Waals surface area contributed by atoms with Gasteiger partial charge in [0.25, 0.3) is 0 Å². The number of aliphatic carboxylic acids is 1. The number of hydrogen-bond donors (Lipinski definition) is 2. The number of likely N-dealkylation sites (tertiary alicyclic amines) is 1. The lowest BCUT2D eigenvalue weighted by Gasteiger charge is -2.27. The molecule has 2 atom stereocenters. The van der Waals surface area contributed by atoms with E-state index in [9.17, 15) is 14.7 Å². The van der Waals surface area contributed by atoms with Crippen LogP contribution in [-0.4, -0.2) is 57.8 Å². The molecule has 0 radical (unpaired) electrons. The van der Waals surface area contributed by atoms with Crippen LogP contribution >= 0.6 is 11.3 Å². The highest BCUT2D eigenvalue weighted by Crippen LogP contribution is 2.20. The minimum Gasteiger partial charge on any atom is -0.480 e. The Bertz CT molecular complexity index is 462. The number of aliphatic hydroxyl groups is 1. The van der Waals surface area contributed by atoms with Crippen LogP contribution in [-0.2, 0) is 11.3 Å². The topological polar surface area (TPSA) is 81.1 Å². The molecular formula is C12H16N2O4S. The molecule has 0 saturated carbocycles. The molecule has 19 heavy (non-hydrogen) atoms. The number of hydrogen-bond acceptors (Lipinski definition) is 4. The lowest BCUT2D eigenvalue weighted by molar-refractivity contribution is -0.141. The van der Waals surface area contributed by atoms with Crippen molar-refractivity contribution in [2.45, 2.75) is 25.1 Å². The monoisotopic (exact) mass is 284 g/mol. The molecule has 0 unspecified atom stereocenters. The van der Waals surface area contributed by atoms with Gasteiger partial charge >= 0.3 is 12.0 Å². The van der Waals surface area contributed by atoms with Crippen molar-refractivity contribution in [2.75, 3.05) is 13.6 Å². The maximum Gasteiger partial charge on any atom is 0.326 e. The average molecular weight is 284 g/mol. The fourth-order valence-electron chi connectivity index (χ4n) is 2.20. The Balaban J connectivity index is 2.03. The van der Waals surface area contributed by atoms with E-state index in [2.05, 4.69) is 0 Å². The van der Waals surface area contributed by atoms with E-state index in [-0.39, 0.29) is 19.0 Å². The Morgan fingerprint density at radius 1 is 1.58 bits per heavy atom. The van der Waals surface area contributed by atoms with E-state index in [0.29, 0.717) is 6.54 Å². The van der Waals surface area contributed by atoms with Gasteiger partial charge in [-0.15, -0.1) is 0 Å². The van der Waals surface area contributed by atoms with Gasteiger partial charge in [-0.05, 0) is 22.4 Å². The third-order valence-electron chi connectivity index (χ3n) is 3.14. The summed E-state index contributed by atoms with van der Waals surface area (Å²) in [5.74, 6) is -1.08. The number of nitrogens with zero attached hydrogens (tertiary/aromatic N) is 2. The molecule has 2 N–H and O–H groups in total. The molecular weight excluding hydrogens is 268 g/mol. The van der Waals surface area contributed by atoms with E-state index in [1.54, 1.807) is 18.4 Å². The molecule has 1 saturated heterocycles. The van der Waals surface area contributed by atoms with E-state index in [1.165, 1.54) is 9.80 Å². The van der Waals surface area contributed by atoms with Crippen molar-refractivity contribution >= 4 is 23.3 Å². The van der Waals surface area contributed by atoms with Crippen molar-refractivity contribution < 1.29 is 19.8 Å². The summed E-state index contributed by atoms with van der Waals surface area (Å²) in [7, 11) is 1.63. The van der Waals surface area contributed by atoms with E-state index in [0.717, 1.165) is 5.56 Å². The first-order valence-corrected chi connectivity index (χ1v) is 6.87. The fraction of sp³-hybridized carbons (Fsp3) is 0.500. The number of thiophene rings is 1. The van der Waals surface area contributed by atoms with Crippen molar-refractivity contribution in [2.24, 2.45) is 0 Å². The van der Waals surface area contributed by atoms with Gasteiger partial charge in [-0.3, -0.25) is 0 Å². The van der Waals surface area contributed by atoms with Gasteiger partial charge < -0.3 is 20.0 Å². The van der Waals surface area contributed by atoms with Crippen LogP contribution in [0.1, 0.15) is 12.0 Å². The molecule has 0 bridgehead atoms. The van der Waals surface area contributed by atoms with Gasteiger partial charge in [-0.25, -0.2) is 9.59 Å². The summed E-state index contributed by atoms with van der Waals surface area (Å²) in [5.41, 5.74) is 1.01. The van der Waals surface area contributed by atoms with E-state index >= 15 is 0 Å². The maximum absolute atomic E-state index is 12.2. The van der Waals surface area contributed by atoms with Gasteiger partial charge in [0.15, 0.2) is 0 Å². The second kappa shape index (κ2) is 5.58. The van der Waals surface area contributed by atoms with Gasteiger partial charge in [-0.1, -0.05) is 0 Å². The number of carbonyl (C=O) groups is 2. The normalized spacial score (nSPS) is 22.5. The number of urea groups is 1. The highest BCUT2D eigenvalue weighted by molar-refractivity contribution is 7.07. The van der Waals surface area contributed by atoms with Crippen LogP contribution in [0.3, 0.4) is 0 Å². The van der Waals surface area contributed by atoms with Gasteiger partial charge in [0, 0.05) is 26.6 Å². The summed E-state index contributed by atoms with van der Waals surface area (Å²) in [4.78, 5) is 26.0. The molecule has 6 nitrogen and oxygen atoms in total. The standard InChI is InChI=1S/C12H16N2O4S/c1-13(5-8-2-3-19-7-8)12(18)14-6-9(15)4-10(14)11(16)17/h2-3,7,9-10,15H,4-6H2,1H3,(H,16,17)/t9-,10+/m1/s1. The zero-order valence-electron chi connectivity index (χ0n) is 10.5. The molecule has 2 rings (SSSR count). The van der Waals surface area contributed by atoms with Crippen LogP contribution in [0, 0.1) is 0 Å². The number of carbonyl (C=O) groups excluding carboxylic acids is 1. The Morgan fingerprint density at radius 3 is 2.89 bits per heavy atom. The third kappa shape index (κ3) is 3.05. The fourth-order valence-corrected chi connectivity index (χ4v) is 2.86. The van der Waals surface area contributed by atoms with Crippen molar-refractivity contribution in [1.29, 1.82) is 0 Å². The Kier molecular flexibility index (Phi) is 4.06. The minimum absolute atomic E-state index is 0.0732. The van der Waals surface area contributed by atoms with Gasteiger partial charge in [0.05, 0.1) is 6.10 Å². The SMILES string of the molecule is CN(Cc1ccsc1)C(=O)N1C[C@H](O)C[C@H]1C(=O)O. The second-order valence-corrected chi connectivity index (χ2v) is 5.45. The molecule has 0 spiro atoms. The molecule has 104 valence electrons. The van der Waals surface area contributed by atoms with Crippen molar-refractivity contribution in [1.82, 2.24) is 9.80 Å². The van der Waals surface area contributed by atoms with E-state index < -0.39 is 18.1 Å². The minimum atomic E-state index is -1.08. The Hall–Kier alpha value is -1.60. The summed E-state index contributed by atoms with van der Waals surface area (Å²) in [6.07, 6.45) is -0.674. The highest BCUT2D eigenvalue weighted by Gasteiger charge is 2.39. The zero-order valence-corrected chi connectivity index (χ0v) is 11.3.